The Kier molecular flexibility index (Phi) is 8.42. The molecule has 0 bridgehead atoms. The van der Waals surface area contributed by atoms with E-state index in [0.717, 1.165) is 51.3 Å². The van der Waals surface area contributed by atoms with E-state index in [1.807, 2.05) is 0 Å². The summed E-state index contributed by atoms with van der Waals surface area (Å²) < 4.78 is 39.9. The Bertz CT molecular complexity index is 1280. The van der Waals surface area contributed by atoms with E-state index in [1.54, 1.807) is 4.90 Å². The van der Waals surface area contributed by atoms with Crippen molar-refractivity contribution in [1.82, 2.24) is 9.80 Å². The first-order chi connectivity index (χ1) is 19.8. The van der Waals surface area contributed by atoms with Gasteiger partial charge >= 0.3 is 6.18 Å². The Labute approximate surface area is 245 Å². The molecule has 3 aliphatic heterocycles. The summed E-state index contributed by atoms with van der Waals surface area (Å²) >= 11 is 0. The number of carbonyl (C=O) groups excluding carboxylic acids is 1. The fourth-order valence-electron chi connectivity index (χ4n) is 6.62. The van der Waals surface area contributed by atoms with Crippen molar-refractivity contribution in [2.24, 2.45) is 11.8 Å². The molecular weight excluding hydrogens is 547 g/mol. The first kappa shape index (κ1) is 30.1. The molecule has 0 saturated carbocycles. The van der Waals surface area contributed by atoms with Gasteiger partial charge < -0.3 is 20.0 Å². The zero-order chi connectivity index (χ0) is 30.2. The first-order valence-corrected chi connectivity index (χ1v) is 14.8. The number of halogens is 3. The Balaban J connectivity index is 1.04. The van der Waals surface area contributed by atoms with Crippen LogP contribution < -0.4 is 10.2 Å². The standard InChI is InChI=1S/C31H40F3N5O3/c1-30(2,3)23-6-9-26(10-7-23)38-18-21-16-36(17-22(21)19-38)13-4-5-29(40)37-14-12-25(20-37)35-24-8-11-28(39(41)42)27(15-24)31(32,33)34/h6-11,15,21-22,25,35H,4-5,12-14,16-20H2,1-3H3/t21?,22?,25-/m0/s1. The Morgan fingerprint density at radius 1 is 1.00 bits per heavy atom. The van der Waals surface area contributed by atoms with Crippen molar-refractivity contribution < 1.29 is 22.9 Å². The minimum atomic E-state index is -4.83. The molecule has 42 heavy (non-hydrogen) atoms. The third-order valence-corrected chi connectivity index (χ3v) is 8.94. The normalized spacial score (nSPS) is 23.0. The number of hydrogen-bond acceptors (Lipinski definition) is 6. The van der Waals surface area contributed by atoms with Gasteiger partial charge in [-0.05, 0) is 66.5 Å². The van der Waals surface area contributed by atoms with Crippen LogP contribution in [0.4, 0.5) is 30.2 Å². The second kappa shape index (κ2) is 11.7. The number of nitro groups is 1. The maximum Gasteiger partial charge on any atom is 0.423 e. The Hall–Kier alpha value is -3.34. The highest BCUT2D eigenvalue weighted by molar-refractivity contribution is 5.76. The maximum atomic E-state index is 13.3. The molecule has 0 aliphatic carbocycles. The molecule has 0 radical (unpaired) electrons. The molecule has 3 aliphatic rings. The second-order valence-corrected chi connectivity index (χ2v) is 13.0. The van der Waals surface area contributed by atoms with E-state index in [9.17, 15) is 28.1 Å². The van der Waals surface area contributed by atoms with Crippen LogP contribution in [0.3, 0.4) is 0 Å². The molecule has 0 aromatic heterocycles. The summed E-state index contributed by atoms with van der Waals surface area (Å²) in [5.74, 6) is 1.35. The molecule has 5 rings (SSSR count). The molecule has 11 heteroatoms. The predicted octanol–water partition coefficient (Wildman–Crippen LogP) is 5.77. The number of nitrogens with zero attached hydrogens (tertiary/aromatic N) is 4. The molecule has 1 N–H and O–H groups in total. The summed E-state index contributed by atoms with van der Waals surface area (Å²) in [7, 11) is 0. The lowest BCUT2D eigenvalue weighted by Gasteiger charge is -2.25. The molecule has 3 saturated heterocycles. The van der Waals surface area contributed by atoms with Crippen LogP contribution in [0, 0.1) is 22.0 Å². The first-order valence-electron chi connectivity index (χ1n) is 14.8. The van der Waals surface area contributed by atoms with Crippen LogP contribution in [0.25, 0.3) is 0 Å². The minimum Gasteiger partial charge on any atom is -0.380 e. The number of amides is 1. The van der Waals surface area contributed by atoms with Crippen LogP contribution in [0.15, 0.2) is 42.5 Å². The molecule has 3 atom stereocenters. The zero-order valence-corrected chi connectivity index (χ0v) is 24.5. The summed E-state index contributed by atoms with van der Waals surface area (Å²) in [5, 5.41) is 14.0. The van der Waals surface area contributed by atoms with Gasteiger partial charge in [0.05, 0.1) is 4.92 Å². The van der Waals surface area contributed by atoms with Gasteiger partial charge in [0.2, 0.25) is 5.91 Å². The quantitative estimate of drug-likeness (QED) is 0.312. The van der Waals surface area contributed by atoms with Crippen molar-refractivity contribution in [3.63, 3.8) is 0 Å². The largest absolute Gasteiger partial charge is 0.423 e. The number of nitrogens with one attached hydrogen (secondary N) is 1. The highest BCUT2D eigenvalue weighted by Gasteiger charge is 2.40. The summed E-state index contributed by atoms with van der Waals surface area (Å²) in [6, 6.07) is 11.7. The van der Waals surface area contributed by atoms with Gasteiger partial charge in [-0.2, -0.15) is 13.2 Å². The van der Waals surface area contributed by atoms with Crippen molar-refractivity contribution in [3.05, 3.63) is 63.7 Å². The zero-order valence-electron chi connectivity index (χ0n) is 24.5. The molecule has 3 heterocycles. The number of anilines is 2. The molecule has 2 aromatic carbocycles. The monoisotopic (exact) mass is 587 g/mol. The number of alkyl halides is 3. The number of likely N-dealkylation sites (tertiary alicyclic amines) is 2. The van der Waals surface area contributed by atoms with E-state index < -0.39 is 22.4 Å². The summed E-state index contributed by atoms with van der Waals surface area (Å²) in [6.45, 7) is 12.8. The minimum absolute atomic E-state index is 0.0586. The van der Waals surface area contributed by atoms with Crippen LogP contribution in [0.1, 0.15) is 51.2 Å². The fourth-order valence-corrected chi connectivity index (χ4v) is 6.62. The molecule has 0 spiro atoms. The average Bonchev–Trinajstić information content (AvgIpc) is 3.63. The number of hydrogen-bond donors (Lipinski definition) is 1. The average molecular weight is 588 g/mol. The van der Waals surface area contributed by atoms with Crippen molar-refractivity contribution in [3.8, 4) is 0 Å². The van der Waals surface area contributed by atoms with Crippen molar-refractivity contribution in [2.75, 3.05) is 56.0 Å². The van der Waals surface area contributed by atoms with Crippen molar-refractivity contribution >= 4 is 23.0 Å². The van der Waals surface area contributed by atoms with Crippen LogP contribution in [0.2, 0.25) is 0 Å². The second-order valence-electron chi connectivity index (χ2n) is 13.0. The van der Waals surface area contributed by atoms with E-state index in [1.165, 1.54) is 17.3 Å². The predicted molar refractivity (Wildman–Crippen MR) is 157 cm³/mol. The van der Waals surface area contributed by atoms with E-state index in [4.69, 9.17) is 0 Å². The van der Waals surface area contributed by atoms with Gasteiger partial charge in [0, 0.05) is 69.2 Å². The van der Waals surface area contributed by atoms with Gasteiger partial charge in [-0.3, -0.25) is 14.9 Å². The lowest BCUT2D eigenvalue weighted by atomic mass is 9.87. The SMILES string of the molecule is CC(C)(C)c1ccc(N2CC3CN(CCCC(=O)N4CC[C@H](Nc5ccc([N+](=O)[O-])c(C(F)(F)F)c5)C4)CC3C2)cc1. The summed E-state index contributed by atoms with van der Waals surface area (Å²) in [4.78, 5) is 29.6. The van der Waals surface area contributed by atoms with Gasteiger partial charge in [-0.25, -0.2) is 0 Å². The van der Waals surface area contributed by atoms with E-state index in [0.29, 0.717) is 37.8 Å². The molecule has 1 amide bonds. The van der Waals surface area contributed by atoms with Crippen molar-refractivity contribution in [2.45, 2.75) is 57.7 Å². The Morgan fingerprint density at radius 3 is 2.26 bits per heavy atom. The number of fused-ring (bicyclic) bond motifs is 1. The Morgan fingerprint density at radius 2 is 1.67 bits per heavy atom. The molecule has 3 fully saturated rings. The fraction of sp³-hybridized carbons (Fsp3) is 0.581. The van der Waals surface area contributed by atoms with E-state index in [-0.39, 0.29) is 23.1 Å². The maximum absolute atomic E-state index is 13.3. The van der Waals surface area contributed by atoms with Crippen molar-refractivity contribution in [1.29, 1.82) is 0 Å². The smallest absolute Gasteiger partial charge is 0.380 e. The molecular formula is C31H40F3N5O3. The number of carbonyl (C=O) groups is 1. The van der Waals surface area contributed by atoms with Gasteiger partial charge in [0.25, 0.3) is 5.69 Å². The number of nitro benzene ring substituents is 1. The summed E-state index contributed by atoms with van der Waals surface area (Å²) in [6.07, 6.45) is -3.00. The third kappa shape index (κ3) is 6.82. The van der Waals surface area contributed by atoms with Gasteiger partial charge in [-0.1, -0.05) is 32.9 Å². The lowest BCUT2D eigenvalue weighted by molar-refractivity contribution is -0.388. The van der Waals surface area contributed by atoms with E-state index >= 15 is 0 Å². The third-order valence-electron chi connectivity index (χ3n) is 8.94. The lowest BCUT2D eigenvalue weighted by Crippen LogP contribution is -2.33. The van der Waals surface area contributed by atoms with Crippen LogP contribution in [-0.2, 0) is 16.4 Å². The van der Waals surface area contributed by atoms with Gasteiger partial charge in [0.15, 0.2) is 0 Å². The van der Waals surface area contributed by atoms with Gasteiger partial charge in [0.1, 0.15) is 5.56 Å². The highest BCUT2D eigenvalue weighted by atomic mass is 19.4. The highest BCUT2D eigenvalue weighted by Crippen LogP contribution is 2.38. The molecule has 228 valence electrons. The van der Waals surface area contributed by atoms with Crippen LogP contribution in [0.5, 0.6) is 0 Å². The van der Waals surface area contributed by atoms with Gasteiger partial charge in [-0.15, -0.1) is 0 Å². The topological polar surface area (TPSA) is 82.0 Å². The summed E-state index contributed by atoms with van der Waals surface area (Å²) in [5.41, 5.74) is 0.693. The van der Waals surface area contributed by atoms with Crippen LogP contribution >= 0.6 is 0 Å². The number of rotatable bonds is 8. The molecule has 8 nitrogen and oxygen atoms in total. The number of benzene rings is 2. The molecule has 2 aromatic rings. The van der Waals surface area contributed by atoms with Crippen LogP contribution in [-0.4, -0.2) is 72.5 Å². The van der Waals surface area contributed by atoms with E-state index in [2.05, 4.69) is 60.2 Å². The molecule has 2 unspecified atom stereocenters.